The third-order valence-electron chi connectivity index (χ3n) is 2.87. The molecule has 0 aliphatic rings. The fourth-order valence-corrected chi connectivity index (χ4v) is 3.21. The third-order valence-corrected chi connectivity index (χ3v) is 5.39. The maximum atomic E-state index is 12.5. The van der Waals surface area contributed by atoms with Gasteiger partial charge in [0.15, 0.2) is 0 Å². The smallest absolute Gasteiger partial charge is 0.264 e. The van der Waals surface area contributed by atoms with Crippen molar-refractivity contribution in [1.29, 1.82) is 0 Å². The summed E-state index contributed by atoms with van der Waals surface area (Å²) in [5.41, 5.74) is 1.69. The summed E-state index contributed by atoms with van der Waals surface area (Å²) in [6.45, 7) is 1.93. The maximum absolute atomic E-state index is 12.5. The molecule has 0 fully saturated rings. The molecule has 100 valence electrons. The zero-order valence-corrected chi connectivity index (χ0v) is 13.6. The number of anilines is 1. The molecule has 2 rings (SSSR count). The average Bonchev–Trinajstić information content (AvgIpc) is 2.39. The largest absolute Gasteiger partial charge is 0.269 e. The molecule has 0 atom stereocenters. The minimum atomic E-state index is -3.49. The Hall–Kier alpha value is -1.08. The number of aryl methyl sites for hydroxylation is 1. The van der Waals surface area contributed by atoms with E-state index in [0.29, 0.717) is 10.6 Å². The van der Waals surface area contributed by atoms with Gasteiger partial charge in [-0.25, -0.2) is 8.42 Å². The van der Waals surface area contributed by atoms with Gasteiger partial charge in [-0.05, 0) is 65.9 Å². The normalized spacial score (nSPS) is 11.3. The SMILES string of the molecule is Cc1ccc(S(=O)(=O)N(C)c2ccc(I)cc2)cc1. The van der Waals surface area contributed by atoms with E-state index in [2.05, 4.69) is 22.6 Å². The van der Waals surface area contributed by atoms with E-state index in [9.17, 15) is 8.42 Å². The van der Waals surface area contributed by atoms with E-state index >= 15 is 0 Å². The Morgan fingerprint density at radius 2 is 1.47 bits per heavy atom. The minimum Gasteiger partial charge on any atom is -0.269 e. The van der Waals surface area contributed by atoms with Crippen LogP contribution in [0, 0.1) is 10.5 Å². The van der Waals surface area contributed by atoms with Crippen molar-refractivity contribution in [1.82, 2.24) is 0 Å². The second kappa shape index (κ2) is 5.50. The molecule has 0 saturated carbocycles. The first-order chi connectivity index (χ1) is 8.91. The lowest BCUT2D eigenvalue weighted by molar-refractivity contribution is 0.594. The molecule has 3 nitrogen and oxygen atoms in total. The van der Waals surface area contributed by atoms with Crippen molar-refractivity contribution in [2.45, 2.75) is 11.8 Å². The summed E-state index contributed by atoms with van der Waals surface area (Å²) >= 11 is 2.19. The van der Waals surface area contributed by atoms with E-state index in [0.717, 1.165) is 9.13 Å². The molecule has 0 aliphatic heterocycles. The highest BCUT2D eigenvalue weighted by Crippen LogP contribution is 2.22. The first-order valence-corrected chi connectivity index (χ1v) is 8.24. The van der Waals surface area contributed by atoms with E-state index in [4.69, 9.17) is 0 Å². The van der Waals surface area contributed by atoms with Crippen LogP contribution in [0.1, 0.15) is 5.56 Å². The van der Waals surface area contributed by atoms with Gasteiger partial charge in [0.05, 0.1) is 10.6 Å². The molecule has 0 unspecified atom stereocenters. The Morgan fingerprint density at radius 3 is 2.00 bits per heavy atom. The van der Waals surface area contributed by atoms with E-state index in [1.54, 1.807) is 43.4 Å². The molecule has 0 heterocycles. The van der Waals surface area contributed by atoms with Gasteiger partial charge in [0, 0.05) is 10.6 Å². The second-order valence-corrected chi connectivity index (χ2v) is 7.48. The lowest BCUT2D eigenvalue weighted by Gasteiger charge is -2.19. The molecule has 0 N–H and O–H groups in total. The van der Waals surface area contributed by atoms with Crippen LogP contribution in [0.4, 0.5) is 5.69 Å². The lowest BCUT2D eigenvalue weighted by Crippen LogP contribution is -2.26. The third kappa shape index (κ3) is 3.09. The summed E-state index contributed by atoms with van der Waals surface area (Å²) in [4.78, 5) is 0.305. The molecule has 0 spiro atoms. The first-order valence-electron chi connectivity index (χ1n) is 5.72. The van der Waals surface area contributed by atoms with E-state index < -0.39 is 10.0 Å². The summed E-state index contributed by atoms with van der Waals surface area (Å²) < 4.78 is 27.3. The molecular formula is C14H14INO2S. The van der Waals surface area contributed by atoms with Crippen LogP contribution >= 0.6 is 22.6 Å². The Morgan fingerprint density at radius 1 is 0.947 bits per heavy atom. The van der Waals surface area contributed by atoms with Crippen molar-refractivity contribution < 1.29 is 8.42 Å². The van der Waals surface area contributed by atoms with Crippen molar-refractivity contribution in [3.8, 4) is 0 Å². The fraction of sp³-hybridized carbons (Fsp3) is 0.143. The average molecular weight is 387 g/mol. The number of rotatable bonds is 3. The minimum absolute atomic E-state index is 0.305. The number of benzene rings is 2. The van der Waals surface area contributed by atoms with Crippen molar-refractivity contribution in [2.24, 2.45) is 0 Å². The van der Waals surface area contributed by atoms with Crippen LogP contribution in [0.5, 0.6) is 0 Å². The van der Waals surface area contributed by atoms with Gasteiger partial charge >= 0.3 is 0 Å². The van der Waals surface area contributed by atoms with Crippen LogP contribution in [-0.4, -0.2) is 15.5 Å². The van der Waals surface area contributed by atoms with Gasteiger partial charge in [-0.2, -0.15) is 0 Å². The molecule has 0 amide bonds. The number of nitrogens with zero attached hydrogens (tertiary/aromatic N) is 1. The van der Waals surface area contributed by atoms with Crippen LogP contribution in [0.3, 0.4) is 0 Å². The summed E-state index contributed by atoms with van der Waals surface area (Å²) in [5.74, 6) is 0. The number of hydrogen-bond donors (Lipinski definition) is 0. The fourth-order valence-electron chi connectivity index (χ4n) is 1.66. The predicted octanol–water partition coefficient (Wildman–Crippen LogP) is 3.42. The molecule has 0 saturated heterocycles. The zero-order chi connectivity index (χ0) is 14.0. The van der Waals surface area contributed by atoms with Gasteiger partial charge in [-0.15, -0.1) is 0 Å². The van der Waals surface area contributed by atoms with Crippen LogP contribution < -0.4 is 4.31 Å². The van der Waals surface area contributed by atoms with Crippen molar-refractivity contribution in [3.05, 3.63) is 57.7 Å². The lowest BCUT2D eigenvalue weighted by atomic mass is 10.2. The number of halogens is 1. The summed E-state index contributed by atoms with van der Waals surface area (Å²) in [6, 6.07) is 14.2. The number of hydrogen-bond acceptors (Lipinski definition) is 2. The molecule has 0 radical (unpaired) electrons. The van der Waals surface area contributed by atoms with Crippen LogP contribution in [0.2, 0.25) is 0 Å². The molecule has 2 aromatic rings. The summed E-state index contributed by atoms with van der Waals surface area (Å²) in [5, 5.41) is 0. The Labute approximate surface area is 127 Å². The van der Waals surface area contributed by atoms with Gasteiger partial charge in [-0.1, -0.05) is 17.7 Å². The van der Waals surface area contributed by atoms with Gasteiger partial charge in [0.1, 0.15) is 0 Å². The van der Waals surface area contributed by atoms with Gasteiger partial charge in [0.2, 0.25) is 0 Å². The Bertz CT molecular complexity index is 664. The molecule has 0 aliphatic carbocycles. The van der Waals surface area contributed by atoms with Crippen LogP contribution in [0.15, 0.2) is 53.4 Å². The first kappa shape index (κ1) is 14.3. The zero-order valence-electron chi connectivity index (χ0n) is 10.7. The highest BCUT2D eigenvalue weighted by Gasteiger charge is 2.20. The van der Waals surface area contributed by atoms with Gasteiger partial charge < -0.3 is 0 Å². The second-order valence-electron chi connectivity index (χ2n) is 4.26. The molecule has 2 aromatic carbocycles. The molecule has 19 heavy (non-hydrogen) atoms. The highest BCUT2D eigenvalue weighted by atomic mass is 127. The topological polar surface area (TPSA) is 37.4 Å². The Kier molecular flexibility index (Phi) is 4.15. The highest BCUT2D eigenvalue weighted by molar-refractivity contribution is 14.1. The van der Waals surface area contributed by atoms with E-state index in [1.165, 1.54) is 4.31 Å². The van der Waals surface area contributed by atoms with Crippen LogP contribution in [-0.2, 0) is 10.0 Å². The van der Waals surface area contributed by atoms with Crippen molar-refractivity contribution in [3.63, 3.8) is 0 Å². The van der Waals surface area contributed by atoms with Crippen LogP contribution in [0.25, 0.3) is 0 Å². The molecule has 0 aromatic heterocycles. The number of sulfonamides is 1. The Balaban J connectivity index is 2.39. The quantitative estimate of drug-likeness (QED) is 0.757. The van der Waals surface area contributed by atoms with Gasteiger partial charge in [-0.3, -0.25) is 4.31 Å². The molecular weight excluding hydrogens is 373 g/mol. The van der Waals surface area contributed by atoms with E-state index in [1.807, 2.05) is 19.1 Å². The standard InChI is InChI=1S/C14H14INO2S/c1-11-3-9-14(10-4-11)19(17,18)16(2)13-7-5-12(15)6-8-13/h3-10H,1-2H3. The maximum Gasteiger partial charge on any atom is 0.264 e. The summed E-state index contributed by atoms with van der Waals surface area (Å²) in [7, 11) is -1.92. The summed E-state index contributed by atoms with van der Waals surface area (Å²) in [6.07, 6.45) is 0. The van der Waals surface area contributed by atoms with Crippen molar-refractivity contribution in [2.75, 3.05) is 11.4 Å². The van der Waals surface area contributed by atoms with E-state index in [-0.39, 0.29) is 0 Å². The van der Waals surface area contributed by atoms with Crippen molar-refractivity contribution >= 4 is 38.3 Å². The predicted molar refractivity (Wildman–Crippen MR) is 85.9 cm³/mol. The molecule has 5 heteroatoms. The molecule has 0 bridgehead atoms. The monoisotopic (exact) mass is 387 g/mol. The van der Waals surface area contributed by atoms with Gasteiger partial charge in [0.25, 0.3) is 10.0 Å².